The Labute approximate surface area is 74.9 Å². The van der Waals surface area contributed by atoms with Crippen LogP contribution in [0.25, 0.3) is 0 Å². The van der Waals surface area contributed by atoms with E-state index in [0.717, 1.165) is 25.7 Å². The second-order valence-electron chi connectivity index (χ2n) is 4.46. The van der Waals surface area contributed by atoms with Gasteiger partial charge in [-0.15, -0.1) is 6.58 Å². The maximum Gasteiger partial charge on any atom is 0.133 e. The van der Waals surface area contributed by atoms with Crippen LogP contribution in [0.3, 0.4) is 0 Å². The highest BCUT2D eigenvalue weighted by atomic mass is 16.1. The minimum absolute atomic E-state index is 0.272. The summed E-state index contributed by atoms with van der Waals surface area (Å²) in [5.74, 6) is 1.03. The SMILES string of the molecule is C=CCC(C)(C)[C@H]1CCC(=O)C1. The Balaban J connectivity index is 2.56. The van der Waals surface area contributed by atoms with Crippen LogP contribution in [0.5, 0.6) is 0 Å². The first kappa shape index (κ1) is 9.50. The van der Waals surface area contributed by atoms with Crippen molar-refractivity contribution in [2.24, 2.45) is 11.3 Å². The predicted octanol–water partition coefficient (Wildman–Crippen LogP) is 2.96. The van der Waals surface area contributed by atoms with E-state index in [1.807, 2.05) is 6.08 Å². The number of rotatable bonds is 3. The molecule has 1 fully saturated rings. The summed E-state index contributed by atoms with van der Waals surface area (Å²) in [6.07, 6.45) is 5.65. The van der Waals surface area contributed by atoms with Crippen LogP contribution in [0, 0.1) is 11.3 Å². The van der Waals surface area contributed by atoms with E-state index in [1.54, 1.807) is 0 Å². The number of carbonyl (C=O) groups excluding carboxylic acids is 1. The lowest BCUT2D eigenvalue weighted by Crippen LogP contribution is -2.21. The van der Waals surface area contributed by atoms with Gasteiger partial charge in [0.25, 0.3) is 0 Å². The summed E-state index contributed by atoms with van der Waals surface area (Å²) in [7, 11) is 0. The molecule has 1 aliphatic carbocycles. The van der Waals surface area contributed by atoms with Crippen LogP contribution in [-0.2, 0) is 4.79 Å². The summed E-state index contributed by atoms with van der Waals surface area (Å²) >= 11 is 0. The zero-order valence-electron chi connectivity index (χ0n) is 8.10. The molecule has 1 nitrogen and oxygen atoms in total. The summed E-state index contributed by atoms with van der Waals surface area (Å²) in [4.78, 5) is 11.1. The van der Waals surface area contributed by atoms with Crippen molar-refractivity contribution in [2.45, 2.75) is 39.5 Å². The maximum atomic E-state index is 11.1. The topological polar surface area (TPSA) is 17.1 Å². The van der Waals surface area contributed by atoms with Gasteiger partial charge in [-0.25, -0.2) is 0 Å². The van der Waals surface area contributed by atoms with E-state index in [0.29, 0.717) is 11.7 Å². The van der Waals surface area contributed by atoms with Gasteiger partial charge in [0.15, 0.2) is 0 Å². The van der Waals surface area contributed by atoms with Crippen molar-refractivity contribution in [1.29, 1.82) is 0 Å². The lowest BCUT2D eigenvalue weighted by Gasteiger charge is -2.29. The minimum atomic E-state index is 0.272. The number of Topliss-reactive ketones (excluding diaryl/α,β-unsaturated/α-hetero) is 1. The van der Waals surface area contributed by atoms with Crippen molar-refractivity contribution in [3.63, 3.8) is 0 Å². The summed E-state index contributed by atoms with van der Waals surface area (Å²) in [6.45, 7) is 8.22. The third-order valence-electron chi connectivity index (χ3n) is 3.02. The molecule has 0 heterocycles. The van der Waals surface area contributed by atoms with Gasteiger partial charge in [0.05, 0.1) is 0 Å². The Morgan fingerprint density at radius 3 is 2.75 bits per heavy atom. The third kappa shape index (κ3) is 1.96. The highest BCUT2D eigenvalue weighted by Crippen LogP contribution is 2.40. The fourth-order valence-electron chi connectivity index (χ4n) is 2.02. The highest BCUT2D eigenvalue weighted by molar-refractivity contribution is 5.80. The molecule has 0 amide bonds. The van der Waals surface area contributed by atoms with E-state index in [4.69, 9.17) is 0 Å². The molecule has 0 aromatic heterocycles. The molecule has 12 heavy (non-hydrogen) atoms. The molecule has 1 rings (SSSR count). The van der Waals surface area contributed by atoms with E-state index in [-0.39, 0.29) is 5.41 Å². The average Bonchev–Trinajstić information content (AvgIpc) is 2.36. The number of hydrogen-bond acceptors (Lipinski definition) is 1. The van der Waals surface area contributed by atoms with Crippen LogP contribution in [0.4, 0.5) is 0 Å². The fraction of sp³-hybridized carbons (Fsp3) is 0.727. The standard InChI is InChI=1S/C11H18O/c1-4-7-11(2,3)9-5-6-10(12)8-9/h4,9H,1,5-8H2,2-3H3/t9-/m0/s1. The summed E-state index contributed by atoms with van der Waals surface area (Å²) < 4.78 is 0. The maximum absolute atomic E-state index is 11.1. The molecule has 1 saturated carbocycles. The minimum Gasteiger partial charge on any atom is -0.300 e. The molecule has 68 valence electrons. The summed E-state index contributed by atoms with van der Waals surface area (Å²) in [5, 5.41) is 0. The van der Waals surface area contributed by atoms with Crippen molar-refractivity contribution in [1.82, 2.24) is 0 Å². The lowest BCUT2D eigenvalue weighted by atomic mass is 9.75. The Morgan fingerprint density at radius 2 is 2.33 bits per heavy atom. The molecule has 0 aromatic rings. The van der Waals surface area contributed by atoms with Crippen LogP contribution in [0.2, 0.25) is 0 Å². The molecule has 0 unspecified atom stereocenters. The van der Waals surface area contributed by atoms with Crippen LogP contribution < -0.4 is 0 Å². The number of ketones is 1. The molecule has 0 bridgehead atoms. The summed E-state index contributed by atoms with van der Waals surface area (Å²) in [5.41, 5.74) is 0.272. The Kier molecular flexibility index (Phi) is 2.71. The van der Waals surface area contributed by atoms with E-state index < -0.39 is 0 Å². The van der Waals surface area contributed by atoms with Crippen molar-refractivity contribution >= 4 is 5.78 Å². The molecule has 1 aliphatic rings. The molecule has 0 radical (unpaired) electrons. The molecule has 1 heteroatoms. The Bertz CT molecular complexity index is 191. The van der Waals surface area contributed by atoms with Crippen molar-refractivity contribution in [3.05, 3.63) is 12.7 Å². The van der Waals surface area contributed by atoms with Gasteiger partial charge >= 0.3 is 0 Å². The van der Waals surface area contributed by atoms with Crippen molar-refractivity contribution < 1.29 is 4.79 Å². The van der Waals surface area contributed by atoms with Crippen LogP contribution in [0.1, 0.15) is 39.5 Å². The predicted molar refractivity (Wildman–Crippen MR) is 50.9 cm³/mol. The first-order valence-electron chi connectivity index (χ1n) is 4.69. The van der Waals surface area contributed by atoms with Crippen LogP contribution in [-0.4, -0.2) is 5.78 Å². The van der Waals surface area contributed by atoms with Gasteiger partial charge in [0, 0.05) is 12.8 Å². The molecule has 1 atom stereocenters. The quantitative estimate of drug-likeness (QED) is 0.589. The average molecular weight is 166 g/mol. The van der Waals surface area contributed by atoms with Crippen molar-refractivity contribution in [2.75, 3.05) is 0 Å². The van der Waals surface area contributed by atoms with Crippen LogP contribution in [0.15, 0.2) is 12.7 Å². The third-order valence-corrected chi connectivity index (χ3v) is 3.02. The van der Waals surface area contributed by atoms with Gasteiger partial charge in [0.1, 0.15) is 5.78 Å². The van der Waals surface area contributed by atoms with E-state index >= 15 is 0 Å². The van der Waals surface area contributed by atoms with Gasteiger partial charge in [0.2, 0.25) is 0 Å². The molecule has 0 aliphatic heterocycles. The van der Waals surface area contributed by atoms with E-state index in [1.165, 1.54) is 0 Å². The first-order chi connectivity index (χ1) is 5.56. The second kappa shape index (κ2) is 3.42. The molecular weight excluding hydrogens is 148 g/mol. The zero-order valence-corrected chi connectivity index (χ0v) is 8.10. The number of hydrogen-bond donors (Lipinski definition) is 0. The van der Waals surface area contributed by atoms with Crippen molar-refractivity contribution in [3.8, 4) is 0 Å². The molecule has 0 saturated heterocycles. The number of carbonyl (C=O) groups is 1. The number of allylic oxidation sites excluding steroid dienone is 1. The van der Waals surface area contributed by atoms with Gasteiger partial charge < -0.3 is 0 Å². The van der Waals surface area contributed by atoms with Gasteiger partial charge in [-0.3, -0.25) is 4.79 Å². The van der Waals surface area contributed by atoms with Gasteiger partial charge in [-0.2, -0.15) is 0 Å². The monoisotopic (exact) mass is 166 g/mol. The van der Waals surface area contributed by atoms with E-state index in [9.17, 15) is 4.79 Å². The normalized spacial score (nSPS) is 24.5. The molecule has 0 aromatic carbocycles. The molecule has 0 N–H and O–H groups in total. The van der Waals surface area contributed by atoms with Gasteiger partial charge in [-0.1, -0.05) is 19.9 Å². The van der Waals surface area contributed by atoms with Gasteiger partial charge in [-0.05, 0) is 24.2 Å². The lowest BCUT2D eigenvalue weighted by molar-refractivity contribution is -0.117. The smallest absolute Gasteiger partial charge is 0.133 e. The molecule has 0 spiro atoms. The highest BCUT2D eigenvalue weighted by Gasteiger charge is 2.33. The zero-order chi connectivity index (χ0) is 9.19. The fourth-order valence-corrected chi connectivity index (χ4v) is 2.02. The largest absolute Gasteiger partial charge is 0.300 e. The molecular formula is C11H18O. The van der Waals surface area contributed by atoms with E-state index in [2.05, 4.69) is 20.4 Å². The Morgan fingerprint density at radius 1 is 1.67 bits per heavy atom. The Hall–Kier alpha value is -0.590. The van der Waals surface area contributed by atoms with Crippen LogP contribution >= 0.6 is 0 Å². The summed E-state index contributed by atoms with van der Waals surface area (Å²) in [6, 6.07) is 0. The first-order valence-corrected chi connectivity index (χ1v) is 4.69. The second-order valence-corrected chi connectivity index (χ2v) is 4.46.